The fourth-order valence-electron chi connectivity index (χ4n) is 10.1. The Morgan fingerprint density at radius 1 is 0.860 bits per heavy atom. The fraction of sp³-hybridized carbons (Fsp3) is 0.413. The summed E-state index contributed by atoms with van der Waals surface area (Å²) in [5, 5.41) is 7.07. The van der Waals surface area contributed by atoms with Gasteiger partial charge in [0.15, 0.2) is 5.71 Å². The van der Waals surface area contributed by atoms with Crippen molar-refractivity contribution in [1.82, 2.24) is 9.91 Å². The van der Waals surface area contributed by atoms with Crippen molar-refractivity contribution >= 4 is 60.6 Å². The Labute approximate surface area is 336 Å². The third-order valence-corrected chi connectivity index (χ3v) is 13.2. The monoisotopic (exact) mass is 789 g/mol. The Bertz CT molecular complexity index is 2490. The number of piperazine rings is 1. The van der Waals surface area contributed by atoms with Crippen LogP contribution in [0.5, 0.6) is 0 Å². The van der Waals surface area contributed by atoms with Crippen LogP contribution >= 0.6 is 0 Å². The maximum Gasteiger partial charge on any atom is 0.409 e. The molecule has 2 atom stereocenters. The second-order valence-electron chi connectivity index (χ2n) is 16.8. The van der Waals surface area contributed by atoms with Gasteiger partial charge in [-0.3, -0.25) is 4.55 Å². The van der Waals surface area contributed by atoms with Gasteiger partial charge in [-0.1, -0.05) is 74.5 Å². The topological polar surface area (TPSA) is 96.4 Å². The number of benzene rings is 4. The van der Waals surface area contributed by atoms with E-state index in [1.165, 1.54) is 27.7 Å². The molecule has 10 nitrogen and oxygen atoms in total. The molecular weight excluding hydrogens is 735 g/mol. The van der Waals surface area contributed by atoms with Gasteiger partial charge in [0, 0.05) is 67.4 Å². The van der Waals surface area contributed by atoms with Crippen molar-refractivity contribution in [2.45, 2.75) is 77.3 Å². The lowest BCUT2D eigenvalue weighted by atomic mass is 9.78. The molecule has 2 unspecified atom stereocenters. The molecule has 0 spiro atoms. The summed E-state index contributed by atoms with van der Waals surface area (Å²) in [5.74, 6) is -0.533. The summed E-state index contributed by atoms with van der Waals surface area (Å²) in [6, 6.07) is 25.5. The van der Waals surface area contributed by atoms with E-state index in [1.807, 2.05) is 31.2 Å². The highest BCUT2D eigenvalue weighted by atomic mass is 32.2. The summed E-state index contributed by atoms with van der Waals surface area (Å²) >= 11 is 0. The molecule has 8 rings (SSSR count). The number of allylic oxidation sites excluding steroid dienone is 2. The van der Waals surface area contributed by atoms with E-state index in [2.05, 4.69) is 122 Å². The number of carbonyl (C=O) groups is 1. The molecule has 0 aliphatic carbocycles. The van der Waals surface area contributed by atoms with E-state index in [0.717, 1.165) is 47.1 Å². The minimum atomic E-state index is -4.35. The Kier molecular flexibility index (Phi) is 10.0. The number of hydrazine groups is 1. The molecule has 4 aliphatic rings. The van der Waals surface area contributed by atoms with Crippen molar-refractivity contribution in [3.63, 3.8) is 0 Å². The Hall–Kier alpha value is -5.00. The zero-order chi connectivity index (χ0) is 40.3. The molecule has 0 saturated carbocycles. The predicted octanol–water partition coefficient (Wildman–Crippen LogP) is 7.82. The summed E-state index contributed by atoms with van der Waals surface area (Å²) in [7, 11) is -4.35. The summed E-state index contributed by atoms with van der Waals surface area (Å²) in [4.78, 5) is 17.0. The van der Waals surface area contributed by atoms with Crippen molar-refractivity contribution in [1.29, 1.82) is 0 Å². The predicted molar refractivity (Wildman–Crippen MR) is 229 cm³/mol. The normalized spacial score (nSPS) is 21.8. The molecule has 4 heterocycles. The molecule has 0 aromatic heterocycles. The first kappa shape index (κ1) is 38.9. The lowest BCUT2D eigenvalue weighted by Crippen LogP contribution is -2.54. The second kappa shape index (κ2) is 14.7. The zero-order valence-electron chi connectivity index (χ0n) is 34.0. The number of carbonyl (C=O) groups excluding carboxylic acids is 1. The van der Waals surface area contributed by atoms with Crippen LogP contribution in [0.3, 0.4) is 0 Å². The quantitative estimate of drug-likeness (QED) is 0.137. The van der Waals surface area contributed by atoms with Gasteiger partial charge < -0.3 is 14.5 Å². The number of nitrogens with zero attached hydrogens (tertiary/aromatic N) is 5. The van der Waals surface area contributed by atoms with Gasteiger partial charge in [0.05, 0.1) is 31.2 Å². The van der Waals surface area contributed by atoms with Gasteiger partial charge in [0.2, 0.25) is 17.4 Å². The highest BCUT2D eigenvalue weighted by molar-refractivity contribution is 7.85. The van der Waals surface area contributed by atoms with E-state index in [0.29, 0.717) is 32.8 Å². The van der Waals surface area contributed by atoms with Gasteiger partial charge in [-0.05, 0) is 73.0 Å². The molecule has 1 saturated heterocycles. The van der Waals surface area contributed by atoms with Crippen molar-refractivity contribution in [3.05, 3.63) is 108 Å². The van der Waals surface area contributed by atoms with Gasteiger partial charge in [0.25, 0.3) is 5.88 Å². The fourth-order valence-corrected chi connectivity index (χ4v) is 10.7. The molecule has 1 N–H and O–H groups in total. The molecule has 0 bridgehead atoms. The summed E-state index contributed by atoms with van der Waals surface area (Å²) in [5.41, 5.74) is 5.86. The highest BCUT2D eigenvalue weighted by Gasteiger charge is 2.48. The maximum absolute atomic E-state index is 12.7. The molecule has 4 aromatic carbocycles. The van der Waals surface area contributed by atoms with Crippen molar-refractivity contribution in [2.75, 3.05) is 50.1 Å². The summed E-state index contributed by atoms with van der Waals surface area (Å²) < 4.78 is 44.7. The van der Waals surface area contributed by atoms with Gasteiger partial charge in [0.1, 0.15) is 0 Å². The van der Waals surface area contributed by atoms with Crippen LogP contribution in [0.4, 0.5) is 16.2 Å². The third kappa shape index (κ3) is 6.82. The lowest BCUT2D eigenvalue weighted by molar-refractivity contribution is -0.705. The van der Waals surface area contributed by atoms with Crippen LogP contribution in [-0.2, 0) is 25.7 Å². The van der Waals surface area contributed by atoms with Crippen LogP contribution in [0, 0.1) is 0 Å². The van der Waals surface area contributed by atoms with Gasteiger partial charge in [-0.25, -0.2) is 4.79 Å². The smallest absolute Gasteiger partial charge is 0.409 e. The number of hydrogen-bond donors (Lipinski definition) is 1. The van der Waals surface area contributed by atoms with E-state index in [1.54, 1.807) is 9.48 Å². The molecule has 1 amide bonds. The van der Waals surface area contributed by atoms with E-state index in [4.69, 9.17) is 4.74 Å². The standard InChI is InChI=1S/C46H54N5O5S/c1-7-49-38-23-17-32-13-9-11-15-36(32)42(38)45(3,4)40(49)25-21-34-19-20-35(51(34)48-29-27-47(28-30-48)44(52)56-8-2)22-26-41-46(5,6)43-37-16-12-10-14-33(37)18-24-39(43)50(41)31-57(53,54)55/h9-18,21-26,35,40H,7-8,19-20,27-31H2,1-6H3/q+1/p+1/b25-21+,26-22+. The van der Waals surface area contributed by atoms with Crippen LogP contribution in [0.2, 0.25) is 0 Å². The number of amides is 1. The number of rotatable bonds is 9. The Balaban J connectivity index is 1.18. The molecule has 1 fully saturated rings. The van der Waals surface area contributed by atoms with Crippen LogP contribution in [0.15, 0.2) is 97.1 Å². The number of ether oxygens (including phenoxy) is 1. The minimum absolute atomic E-state index is 0.0184. The van der Waals surface area contributed by atoms with Crippen molar-refractivity contribution in [2.24, 2.45) is 0 Å². The number of anilines is 1. The number of fused-ring (bicyclic) bond motifs is 6. The molecule has 4 aromatic rings. The van der Waals surface area contributed by atoms with E-state index in [-0.39, 0.29) is 23.6 Å². The zero-order valence-corrected chi connectivity index (χ0v) is 34.8. The first-order chi connectivity index (χ1) is 27.2. The summed E-state index contributed by atoms with van der Waals surface area (Å²) in [6.45, 7) is 16.7. The number of likely N-dealkylation sites (N-methyl/N-ethyl adjacent to an activating group) is 1. The summed E-state index contributed by atoms with van der Waals surface area (Å²) in [6.07, 6.45) is 10.5. The lowest BCUT2D eigenvalue weighted by Gasteiger charge is -2.33. The molecular formula is C46H55N5O5S+2. The first-order valence-electron chi connectivity index (χ1n) is 20.3. The van der Waals surface area contributed by atoms with E-state index >= 15 is 0 Å². The molecule has 57 heavy (non-hydrogen) atoms. The number of hydrogen-bond acceptors (Lipinski definition) is 6. The van der Waals surface area contributed by atoms with E-state index in [9.17, 15) is 17.8 Å². The second-order valence-corrected chi connectivity index (χ2v) is 18.2. The van der Waals surface area contributed by atoms with Crippen LogP contribution in [0.25, 0.3) is 21.5 Å². The highest BCUT2D eigenvalue weighted by Crippen LogP contribution is 2.49. The number of hydrazone groups is 1. The third-order valence-electron chi connectivity index (χ3n) is 12.7. The van der Waals surface area contributed by atoms with Gasteiger partial charge in [-0.15, -0.1) is 4.68 Å². The molecule has 4 aliphatic heterocycles. The van der Waals surface area contributed by atoms with Crippen LogP contribution in [0.1, 0.15) is 65.5 Å². The minimum Gasteiger partial charge on any atom is -0.450 e. The molecule has 298 valence electrons. The average Bonchev–Trinajstić information content (AvgIpc) is 3.76. The average molecular weight is 790 g/mol. The molecule has 11 heteroatoms. The first-order valence-corrected chi connectivity index (χ1v) is 21.9. The SMILES string of the molecule is CCOC(=O)N1CCN([N+]2=C(/C=C/C3N(CC)c4ccc5ccccc5c4C3(C)C)CCC2/C=C/C2=[N+](CS(=O)(=O)O)c3ccc4ccccc4c3C2(C)C)CC1. The Morgan fingerprint density at radius 2 is 1.51 bits per heavy atom. The largest absolute Gasteiger partial charge is 0.450 e. The molecule has 0 radical (unpaired) electrons. The van der Waals surface area contributed by atoms with Crippen LogP contribution in [-0.4, -0.2) is 107 Å². The van der Waals surface area contributed by atoms with Crippen molar-refractivity contribution < 1.29 is 31.8 Å². The Morgan fingerprint density at radius 3 is 2.16 bits per heavy atom. The van der Waals surface area contributed by atoms with E-state index < -0.39 is 21.4 Å². The van der Waals surface area contributed by atoms with Crippen LogP contribution < -0.4 is 4.90 Å². The van der Waals surface area contributed by atoms with Gasteiger partial charge in [-0.2, -0.15) is 18.0 Å². The van der Waals surface area contributed by atoms with Gasteiger partial charge >= 0.3 is 16.2 Å². The maximum atomic E-state index is 12.7. The van der Waals surface area contributed by atoms with Crippen molar-refractivity contribution in [3.8, 4) is 0 Å².